The molecular formula is C12H15ClFN. The minimum absolute atomic E-state index is 0.207. The van der Waals surface area contributed by atoms with Crippen LogP contribution in [0.4, 0.5) is 10.1 Å². The highest BCUT2D eigenvalue weighted by atomic mass is 35.5. The van der Waals surface area contributed by atoms with Crippen molar-refractivity contribution < 1.29 is 4.39 Å². The van der Waals surface area contributed by atoms with Crippen molar-refractivity contribution in [2.24, 2.45) is 0 Å². The van der Waals surface area contributed by atoms with E-state index in [2.05, 4.69) is 11.8 Å². The van der Waals surface area contributed by atoms with Crippen LogP contribution in [0.2, 0.25) is 0 Å². The Bertz CT molecular complexity index is 353. The van der Waals surface area contributed by atoms with Gasteiger partial charge in [0.2, 0.25) is 0 Å². The van der Waals surface area contributed by atoms with Crippen LogP contribution in [0.25, 0.3) is 0 Å². The summed E-state index contributed by atoms with van der Waals surface area (Å²) in [5.74, 6) is 0.164. The Kier molecular flexibility index (Phi) is 3.15. The van der Waals surface area contributed by atoms with E-state index in [-0.39, 0.29) is 5.82 Å². The minimum atomic E-state index is -0.207. The van der Waals surface area contributed by atoms with Crippen molar-refractivity contribution >= 4 is 17.3 Å². The zero-order valence-electron chi connectivity index (χ0n) is 8.84. The summed E-state index contributed by atoms with van der Waals surface area (Å²) in [5.41, 5.74) is 1.99. The van der Waals surface area contributed by atoms with E-state index in [1.54, 1.807) is 0 Å². The summed E-state index contributed by atoms with van der Waals surface area (Å²) in [6, 6.07) is 5.43. The molecule has 1 atom stereocenters. The highest BCUT2D eigenvalue weighted by Crippen LogP contribution is 2.29. The third-order valence-corrected chi connectivity index (χ3v) is 3.34. The summed E-state index contributed by atoms with van der Waals surface area (Å²) >= 11 is 5.84. The molecule has 0 N–H and O–H groups in total. The van der Waals surface area contributed by atoms with Crippen LogP contribution in [0.1, 0.15) is 25.3 Å². The highest BCUT2D eigenvalue weighted by Gasteiger charge is 2.22. The lowest BCUT2D eigenvalue weighted by Crippen LogP contribution is -2.27. The molecule has 1 unspecified atom stereocenters. The van der Waals surface area contributed by atoms with Gasteiger partial charge in [0.25, 0.3) is 0 Å². The van der Waals surface area contributed by atoms with Gasteiger partial charge in [-0.05, 0) is 43.5 Å². The second-order valence-electron chi connectivity index (χ2n) is 4.09. The fourth-order valence-electron chi connectivity index (χ4n) is 2.23. The molecule has 2 rings (SSSR count). The molecule has 1 aromatic carbocycles. The Hall–Kier alpha value is -0.760. The maximum atomic E-state index is 13.0. The molecule has 1 fully saturated rings. The average Bonchev–Trinajstić information content (AvgIpc) is 2.64. The van der Waals surface area contributed by atoms with E-state index in [9.17, 15) is 4.39 Å². The first-order valence-corrected chi connectivity index (χ1v) is 5.87. The minimum Gasteiger partial charge on any atom is -0.369 e. The molecule has 0 saturated carbocycles. The normalized spacial score (nSPS) is 21.0. The summed E-state index contributed by atoms with van der Waals surface area (Å²) in [6.45, 7) is 3.26. The predicted octanol–water partition coefficient (Wildman–Crippen LogP) is 3.55. The number of halogens is 2. The molecule has 1 aromatic rings. The van der Waals surface area contributed by atoms with E-state index in [1.165, 1.54) is 25.0 Å². The van der Waals surface area contributed by atoms with Crippen molar-refractivity contribution in [3.63, 3.8) is 0 Å². The molecule has 1 aliphatic heterocycles. The van der Waals surface area contributed by atoms with Gasteiger partial charge >= 0.3 is 0 Å². The van der Waals surface area contributed by atoms with Gasteiger partial charge in [-0.3, -0.25) is 0 Å². The smallest absolute Gasteiger partial charge is 0.123 e. The first kappa shape index (κ1) is 10.7. The Labute approximate surface area is 94.8 Å². The molecule has 15 heavy (non-hydrogen) atoms. The number of nitrogens with zero attached hydrogens (tertiary/aromatic N) is 1. The molecule has 1 nitrogen and oxygen atoms in total. The van der Waals surface area contributed by atoms with Crippen molar-refractivity contribution in [3.05, 3.63) is 29.6 Å². The lowest BCUT2D eigenvalue weighted by Gasteiger charge is -2.26. The van der Waals surface area contributed by atoms with Gasteiger partial charge in [-0.2, -0.15) is 0 Å². The highest BCUT2D eigenvalue weighted by molar-refractivity contribution is 6.17. The maximum Gasteiger partial charge on any atom is 0.123 e. The Morgan fingerprint density at radius 2 is 2.33 bits per heavy atom. The molecule has 3 heteroatoms. The quantitative estimate of drug-likeness (QED) is 0.699. The molecule has 82 valence electrons. The van der Waals surface area contributed by atoms with Crippen LogP contribution in [0.3, 0.4) is 0 Å². The Morgan fingerprint density at radius 3 is 2.93 bits per heavy atom. The van der Waals surface area contributed by atoms with Crippen LogP contribution in [0.15, 0.2) is 18.2 Å². The molecule has 0 aliphatic carbocycles. The van der Waals surface area contributed by atoms with Crippen LogP contribution in [0.5, 0.6) is 0 Å². The molecule has 0 aromatic heterocycles. The lowest BCUT2D eigenvalue weighted by atomic mass is 10.1. The fraction of sp³-hybridized carbons (Fsp3) is 0.500. The standard InChI is InChI=1S/C12H15ClFN/c1-9-3-2-6-15(9)12-5-4-11(14)7-10(12)8-13/h4-5,7,9H,2-3,6,8H2,1H3. The van der Waals surface area contributed by atoms with Crippen LogP contribution < -0.4 is 4.90 Å². The zero-order valence-corrected chi connectivity index (χ0v) is 9.60. The second-order valence-corrected chi connectivity index (χ2v) is 4.36. The molecule has 0 amide bonds. The van der Waals surface area contributed by atoms with E-state index in [0.29, 0.717) is 11.9 Å². The summed E-state index contributed by atoms with van der Waals surface area (Å²) < 4.78 is 13.0. The second kappa shape index (κ2) is 4.40. The van der Waals surface area contributed by atoms with Gasteiger partial charge in [0.05, 0.1) is 0 Å². The largest absolute Gasteiger partial charge is 0.369 e. The van der Waals surface area contributed by atoms with E-state index < -0.39 is 0 Å². The van der Waals surface area contributed by atoms with Crippen LogP contribution in [-0.4, -0.2) is 12.6 Å². The first-order chi connectivity index (χ1) is 7.22. The molecule has 1 saturated heterocycles. The number of hydrogen-bond donors (Lipinski definition) is 0. The van der Waals surface area contributed by atoms with Crippen molar-refractivity contribution in [3.8, 4) is 0 Å². The monoisotopic (exact) mass is 227 g/mol. The molecular weight excluding hydrogens is 213 g/mol. The summed E-state index contributed by atoms with van der Waals surface area (Å²) in [4.78, 5) is 2.32. The third-order valence-electron chi connectivity index (χ3n) is 3.05. The topological polar surface area (TPSA) is 3.24 Å². The molecule has 1 aliphatic rings. The molecule has 1 heterocycles. The van der Waals surface area contributed by atoms with Crippen LogP contribution >= 0.6 is 11.6 Å². The van der Waals surface area contributed by atoms with Gasteiger partial charge in [0.15, 0.2) is 0 Å². The molecule has 0 radical (unpaired) electrons. The number of alkyl halides is 1. The lowest BCUT2D eigenvalue weighted by molar-refractivity contribution is 0.625. The third kappa shape index (κ3) is 2.10. The number of rotatable bonds is 2. The van der Waals surface area contributed by atoms with E-state index in [0.717, 1.165) is 17.8 Å². The number of anilines is 1. The fourth-order valence-corrected chi connectivity index (χ4v) is 2.45. The SMILES string of the molecule is CC1CCCN1c1ccc(F)cc1CCl. The summed E-state index contributed by atoms with van der Waals surface area (Å²) in [6.07, 6.45) is 2.42. The average molecular weight is 228 g/mol. The number of hydrogen-bond acceptors (Lipinski definition) is 1. The van der Waals surface area contributed by atoms with E-state index in [4.69, 9.17) is 11.6 Å². The predicted molar refractivity (Wildman–Crippen MR) is 62.0 cm³/mol. The summed E-state index contributed by atoms with van der Waals surface area (Å²) in [7, 11) is 0. The van der Waals surface area contributed by atoms with Gasteiger partial charge in [-0.15, -0.1) is 11.6 Å². The van der Waals surface area contributed by atoms with E-state index in [1.807, 2.05) is 6.07 Å². The zero-order chi connectivity index (χ0) is 10.8. The maximum absolute atomic E-state index is 13.0. The van der Waals surface area contributed by atoms with Gasteiger partial charge in [0, 0.05) is 24.2 Å². The van der Waals surface area contributed by atoms with Crippen LogP contribution in [-0.2, 0) is 5.88 Å². The van der Waals surface area contributed by atoms with Crippen LogP contribution in [0, 0.1) is 5.82 Å². The van der Waals surface area contributed by atoms with Crippen molar-refractivity contribution in [1.29, 1.82) is 0 Å². The van der Waals surface area contributed by atoms with Gasteiger partial charge in [-0.1, -0.05) is 0 Å². The molecule has 0 spiro atoms. The van der Waals surface area contributed by atoms with Gasteiger partial charge in [-0.25, -0.2) is 4.39 Å². The van der Waals surface area contributed by atoms with Crippen molar-refractivity contribution in [1.82, 2.24) is 0 Å². The Balaban J connectivity index is 2.34. The first-order valence-electron chi connectivity index (χ1n) is 5.33. The van der Waals surface area contributed by atoms with Gasteiger partial charge < -0.3 is 4.90 Å². The number of benzene rings is 1. The Morgan fingerprint density at radius 1 is 1.53 bits per heavy atom. The van der Waals surface area contributed by atoms with Crippen molar-refractivity contribution in [2.45, 2.75) is 31.7 Å². The summed E-state index contributed by atoms with van der Waals surface area (Å²) in [5, 5.41) is 0. The van der Waals surface area contributed by atoms with Gasteiger partial charge in [0.1, 0.15) is 5.82 Å². The van der Waals surface area contributed by atoms with E-state index >= 15 is 0 Å². The molecule has 0 bridgehead atoms. The van der Waals surface area contributed by atoms with Crippen molar-refractivity contribution in [2.75, 3.05) is 11.4 Å².